The lowest BCUT2D eigenvalue weighted by atomic mass is 9.74. The predicted molar refractivity (Wildman–Crippen MR) is 84.9 cm³/mol. The summed E-state index contributed by atoms with van der Waals surface area (Å²) in [7, 11) is 0. The minimum Gasteiger partial charge on any atom is -0.479 e. The summed E-state index contributed by atoms with van der Waals surface area (Å²) in [4.78, 5) is 35.0. The Kier molecular flexibility index (Phi) is 6.91. The highest BCUT2D eigenvalue weighted by atomic mass is 16.5. The van der Waals surface area contributed by atoms with E-state index in [4.69, 9.17) is 9.47 Å². The van der Waals surface area contributed by atoms with E-state index < -0.39 is 29.4 Å². The van der Waals surface area contributed by atoms with E-state index in [2.05, 4.69) is 6.58 Å². The third-order valence-corrected chi connectivity index (χ3v) is 3.72. The number of esters is 2. The molecule has 24 heavy (non-hydrogen) atoms. The molecule has 2 atom stereocenters. The van der Waals surface area contributed by atoms with Gasteiger partial charge < -0.3 is 19.7 Å². The molecule has 7 nitrogen and oxygen atoms in total. The van der Waals surface area contributed by atoms with Crippen molar-refractivity contribution in [3.8, 4) is 0 Å². The summed E-state index contributed by atoms with van der Waals surface area (Å²) < 4.78 is 9.83. The van der Waals surface area contributed by atoms with Crippen LogP contribution in [0.5, 0.6) is 0 Å². The Morgan fingerprint density at radius 3 is 2.54 bits per heavy atom. The van der Waals surface area contributed by atoms with Crippen LogP contribution in [0.25, 0.3) is 0 Å². The van der Waals surface area contributed by atoms with Crippen LogP contribution in [-0.4, -0.2) is 46.9 Å². The molecule has 0 saturated carbocycles. The van der Waals surface area contributed by atoms with Crippen LogP contribution in [0.4, 0.5) is 0 Å². The average molecular weight is 338 g/mol. The molecule has 0 aliphatic heterocycles. The number of carbonyl (C=O) groups is 3. The Hall–Kier alpha value is -2.41. The van der Waals surface area contributed by atoms with E-state index >= 15 is 0 Å². The van der Waals surface area contributed by atoms with Gasteiger partial charge in [-0.1, -0.05) is 25.7 Å². The fraction of sp³-hybridized carbons (Fsp3) is 0.471. The summed E-state index contributed by atoms with van der Waals surface area (Å²) in [6.07, 6.45) is 4.40. The summed E-state index contributed by atoms with van der Waals surface area (Å²) in [5.74, 6) is -4.39. The Bertz CT molecular complexity index is 588. The van der Waals surface area contributed by atoms with Gasteiger partial charge in [0, 0.05) is 12.5 Å². The van der Waals surface area contributed by atoms with Gasteiger partial charge in [0.05, 0.1) is 13.2 Å². The Balaban J connectivity index is 3.07. The van der Waals surface area contributed by atoms with Crippen molar-refractivity contribution in [3.63, 3.8) is 0 Å². The molecule has 0 spiro atoms. The standard InChI is InChI=1S/C17H22O7/c1-4-9-24-15(19)13-7-6-11(3)12(17(13,22)16(20)21)8-10-23-14(18)5-2/h5-7,13,22H,2,4,8-10H2,1,3H3,(H,20,21). The van der Waals surface area contributed by atoms with Gasteiger partial charge >= 0.3 is 17.9 Å². The highest BCUT2D eigenvalue weighted by Gasteiger charge is 2.52. The molecule has 1 aliphatic rings. The molecule has 0 aromatic carbocycles. The Labute approximate surface area is 140 Å². The number of rotatable bonds is 8. The van der Waals surface area contributed by atoms with Crippen molar-refractivity contribution in [2.45, 2.75) is 32.3 Å². The van der Waals surface area contributed by atoms with Crippen molar-refractivity contribution >= 4 is 17.9 Å². The highest BCUT2D eigenvalue weighted by molar-refractivity contribution is 5.92. The lowest BCUT2D eigenvalue weighted by Crippen LogP contribution is -2.52. The molecule has 0 amide bonds. The zero-order chi connectivity index (χ0) is 18.3. The number of ether oxygens (including phenoxy) is 2. The molecular formula is C17H22O7. The zero-order valence-corrected chi connectivity index (χ0v) is 13.8. The van der Waals surface area contributed by atoms with Crippen LogP contribution in [0.3, 0.4) is 0 Å². The molecule has 1 rings (SSSR count). The predicted octanol–water partition coefficient (Wildman–Crippen LogP) is 1.38. The summed E-state index contributed by atoms with van der Waals surface area (Å²) in [6.45, 7) is 6.67. The third-order valence-electron chi connectivity index (χ3n) is 3.72. The maximum Gasteiger partial charge on any atom is 0.341 e. The van der Waals surface area contributed by atoms with Crippen molar-refractivity contribution in [1.82, 2.24) is 0 Å². The van der Waals surface area contributed by atoms with Gasteiger partial charge in [0.15, 0.2) is 0 Å². The largest absolute Gasteiger partial charge is 0.479 e. The molecule has 0 fully saturated rings. The van der Waals surface area contributed by atoms with Crippen molar-refractivity contribution in [2.24, 2.45) is 5.92 Å². The first-order valence-corrected chi connectivity index (χ1v) is 7.59. The van der Waals surface area contributed by atoms with E-state index in [1.54, 1.807) is 19.9 Å². The van der Waals surface area contributed by atoms with Crippen LogP contribution in [0.15, 0.2) is 36.0 Å². The van der Waals surface area contributed by atoms with Crippen molar-refractivity contribution in [1.29, 1.82) is 0 Å². The minimum atomic E-state index is -2.44. The van der Waals surface area contributed by atoms with Crippen LogP contribution < -0.4 is 0 Å². The van der Waals surface area contributed by atoms with E-state index in [0.717, 1.165) is 6.08 Å². The monoisotopic (exact) mass is 338 g/mol. The van der Waals surface area contributed by atoms with Gasteiger partial charge in [-0.15, -0.1) is 0 Å². The maximum absolute atomic E-state index is 12.1. The average Bonchev–Trinajstić information content (AvgIpc) is 2.55. The summed E-state index contributed by atoms with van der Waals surface area (Å²) in [5, 5.41) is 20.3. The minimum absolute atomic E-state index is 0.0316. The first kappa shape index (κ1) is 19.6. The number of allylic oxidation sites excluding steroid dienone is 2. The maximum atomic E-state index is 12.1. The quantitative estimate of drug-likeness (QED) is 0.508. The molecule has 0 aromatic rings. The normalized spacial score (nSPS) is 22.9. The van der Waals surface area contributed by atoms with Crippen LogP contribution in [-0.2, 0) is 23.9 Å². The number of aliphatic carboxylic acids is 1. The Morgan fingerprint density at radius 2 is 2.00 bits per heavy atom. The topological polar surface area (TPSA) is 110 Å². The lowest BCUT2D eigenvalue weighted by molar-refractivity contribution is -0.169. The molecule has 7 heteroatoms. The van der Waals surface area contributed by atoms with Crippen LogP contribution in [0, 0.1) is 5.92 Å². The van der Waals surface area contributed by atoms with Crippen molar-refractivity contribution < 1.29 is 34.1 Å². The second kappa shape index (κ2) is 8.44. The van der Waals surface area contributed by atoms with Crippen molar-refractivity contribution in [3.05, 3.63) is 36.0 Å². The summed E-state index contributed by atoms with van der Waals surface area (Å²) in [5.41, 5.74) is -1.84. The Morgan fingerprint density at radius 1 is 1.33 bits per heavy atom. The molecule has 0 saturated heterocycles. The number of hydrogen-bond acceptors (Lipinski definition) is 6. The van der Waals surface area contributed by atoms with Gasteiger partial charge in [0.2, 0.25) is 5.60 Å². The van der Waals surface area contributed by atoms with Gasteiger partial charge in [-0.05, 0) is 24.5 Å². The number of carboxylic acids is 1. The second-order valence-electron chi connectivity index (χ2n) is 5.36. The molecular weight excluding hydrogens is 316 g/mol. The number of hydrogen-bond donors (Lipinski definition) is 2. The van der Waals surface area contributed by atoms with E-state index in [1.807, 2.05) is 0 Å². The number of aliphatic hydroxyl groups is 1. The van der Waals surface area contributed by atoms with E-state index in [0.29, 0.717) is 12.0 Å². The van der Waals surface area contributed by atoms with E-state index in [1.165, 1.54) is 6.08 Å². The molecule has 0 heterocycles. The fourth-order valence-corrected chi connectivity index (χ4v) is 2.47. The summed E-state index contributed by atoms with van der Waals surface area (Å²) in [6, 6.07) is 0. The molecule has 132 valence electrons. The molecule has 0 bridgehead atoms. The first-order chi connectivity index (χ1) is 11.3. The van der Waals surface area contributed by atoms with E-state index in [9.17, 15) is 24.6 Å². The van der Waals surface area contributed by atoms with Crippen LogP contribution in [0.2, 0.25) is 0 Å². The zero-order valence-electron chi connectivity index (χ0n) is 13.8. The van der Waals surface area contributed by atoms with Gasteiger partial charge in [0.1, 0.15) is 5.92 Å². The molecule has 2 unspecified atom stereocenters. The van der Waals surface area contributed by atoms with Crippen LogP contribution >= 0.6 is 0 Å². The smallest absolute Gasteiger partial charge is 0.341 e. The van der Waals surface area contributed by atoms with Crippen molar-refractivity contribution in [2.75, 3.05) is 13.2 Å². The van der Waals surface area contributed by atoms with Gasteiger partial charge in [0.25, 0.3) is 0 Å². The fourth-order valence-electron chi connectivity index (χ4n) is 2.47. The number of carbonyl (C=O) groups excluding carboxylic acids is 2. The summed E-state index contributed by atoms with van der Waals surface area (Å²) >= 11 is 0. The SMILES string of the molecule is C=CC(=O)OCCC1=C(C)C=CC(C(=O)OCCC)C1(O)C(=O)O. The molecule has 1 aliphatic carbocycles. The third kappa shape index (κ3) is 4.11. The van der Waals surface area contributed by atoms with Gasteiger partial charge in [-0.2, -0.15) is 0 Å². The highest BCUT2D eigenvalue weighted by Crippen LogP contribution is 2.37. The molecule has 0 aromatic heterocycles. The molecule has 2 N–H and O–H groups in total. The van der Waals surface area contributed by atoms with Gasteiger partial charge in [-0.25, -0.2) is 9.59 Å². The second-order valence-corrected chi connectivity index (χ2v) is 5.36. The first-order valence-electron chi connectivity index (χ1n) is 7.59. The lowest BCUT2D eigenvalue weighted by Gasteiger charge is -2.35. The van der Waals surface area contributed by atoms with Gasteiger partial charge in [-0.3, -0.25) is 4.79 Å². The van der Waals surface area contributed by atoms with Crippen LogP contribution in [0.1, 0.15) is 26.7 Å². The van der Waals surface area contributed by atoms with E-state index in [-0.39, 0.29) is 25.2 Å². The number of carboxylic acid groups (broad SMARTS) is 1. The molecule has 0 radical (unpaired) electrons.